The first-order valence-electron chi connectivity index (χ1n) is 9.28. The van der Waals surface area contributed by atoms with E-state index in [9.17, 15) is 13.2 Å². The van der Waals surface area contributed by atoms with Crippen LogP contribution in [0.1, 0.15) is 38.4 Å². The fraction of sp³-hybridized carbons (Fsp3) is 0.474. The minimum atomic E-state index is -3.95. The Balaban J connectivity index is 1.75. The van der Waals surface area contributed by atoms with E-state index < -0.39 is 10.0 Å². The molecule has 0 atom stereocenters. The van der Waals surface area contributed by atoms with E-state index in [-0.39, 0.29) is 35.1 Å². The van der Waals surface area contributed by atoms with Gasteiger partial charge in [0, 0.05) is 12.2 Å². The fourth-order valence-corrected chi connectivity index (χ4v) is 4.72. The lowest BCUT2D eigenvalue weighted by atomic mass is 9.87. The highest BCUT2D eigenvalue weighted by Gasteiger charge is 2.29. The number of carbonyl (C=O) groups is 1. The standard InChI is InChI=1S/C19H24ClN3O4S/c1-14-4-6-15(7-5-14)22-19(24)13-23(12-16-3-2-10-27-16)28(25,26)17-8-9-18(20)21-11-17/h2-3,8-11,14-15H,4-7,12-13H2,1H3,(H,22,24). The maximum absolute atomic E-state index is 13.1. The number of pyridine rings is 1. The number of carbonyl (C=O) groups excluding carboxylic acids is 1. The second-order valence-corrected chi connectivity index (χ2v) is 9.52. The number of halogens is 1. The van der Waals surface area contributed by atoms with Gasteiger partial charge in [0.2, 0.25) is 15.9 Å². The summed E-state index contributed by atoms with van der Waals surface area (Å²) in [5.41, 5.74) is 0. The van der Waals surface area contributed by atoms with Gasteiger partial charge in [-0.2, -0.15) is 4.31 Å². The molecule has 152 valence electrons. The summed E-state index contributed by atoms with van der Waals surface area (Å²) in [6, 6.07) is 6.22. The number of aromatic nitrogens is 1. The van der Waals surface area contributed by atoms with Crippen molar-refractivity contribution in [2.24, 2.45) is 5.92 Å². The van der Waals surface area contributed by atoms with Crippen LogP contribution in [-0.4, -0.2) is 36.2 Å². The summed E-state index contributed by atoms with van der Waals surface area (Å²) in [5, 5.41) is 3.16. The number of hydrogen-bond donors (Lipinski definition) is 1. The van der Waals surface area contributed by atoms with Crippen LogP contribution >= 0.6 is 11.6 Å². The molecule has 2 aromatic heterocycles. The summed E-state index contributed by atoms with van der Waals surface area (Å²) < 4.78 is 32.5. The Labute approximate surface area is 170 Å². The lowest BCUT2D eigenvalue weighted by molar-refractivity contribution is -0.122. The van der Waals surface area contributed by atoms with Gasteiger partial charge >= 0.3 is 0 Å². The molecule has 1 aliphatic carbocycles. The molecule has 28 heavy (non-hydrogen) atoms. The highest BCUT2D eigenvalue weighted by molar-refractivity contribution is 7.89. The zero-order chi connectivity index (χ0) is 20.1. The molecule has 0 spiro atoms. The van der Waals surface area contributed by atoms with E-state index in [0.717, 1.165) is 30.0 Å². The van der Waals surface area contributed by atoms with E-state index in [2.05, 4.69) is 17.2 Å². The van der Waals surface area contributed by atoms with Crippen molar-refractivity contribution in [1.82, 2.24) is 14.6 Å². The summed E-state index contributed by atoms with van der Waals surface area (Å²) in [6.07, 6.45) is 6.62. The zero-order valence-corrected chi connectivity index (χ0v) is 17.2. The number of nitrogens with one attached hydrogen (secondary N) is 1. The molecule has 2 aromatic rings. The van der Waals surface area contributed by atoms with Crippen molar-refractivity contribution in [3.8, 4) is 0 Å². The van der Waals surface area contributed by atoms with Gasteiger partial charge in [-0.25, -0.2) is 13.4 Å². The van der Waals surface area contributed by atoms with Gasteiger partial charge in [0.1, 0.15) is 15.8 Å². The van der Waals surface area contributed by atoms with E-state index in [0.29, 0.717) is 11.7 Å². The monoisotopic (exact) mass is 425 g/mol. The molecule has 1 fully saturated rings. The van der Waals surface area contributed by atoms with Gasteiger partial charge in [0.25, 0.3) is 0 Å². The van der Waals surface area contributed by atoms with Gasteiger partial charge in [-0.1, -0.05) is 18.5 Å². The quantitative estimate of drug-likeness (QED) is 0.687. The predicted octanol–water partition coefficient (Wildman–Crippen LogP) is 3.21. The number of rotatable bonds is 7. The van der Waals surface area contributed by atoms with Crippen LogP contribution in [0.4, 0.5) is 0 Å². The van der Waals surface area contributed by atoms with Crippen LogP contribution in [0.5, 0.6) is 0 Å². The molecule has 0 aliphatic heterocycles. The van der Waals surface area contributed by atoms with Crippen LogP contribution in [0.15, 0.2) is 46.0 Å². The van der Waals surface area contributed by atoms with E-state index in [1.54, 1.807) is 12.1 Å². The third-order valence-electron chi connectivity index (χ3n) is 4.95. The van der Waals surface area contributed by atoms with Crippen LogP contribution in [-0.2, 0) is 21.4 Å². The Bertz CT molecular complexity index is 876. The minimum absolute atomic E-state index is 0.0252. The molecule has 1 amide bonds. The average molecular weight is 426 g/mol. The molecular weight excluding hydrogens is 402 g/mol. The SMILES string of the molecule is CC1CCC(NC(=O)CN(Cc2ccco2)S(=O)(=O)c2ccc(Cl)nc2)CC1. The number of hydrogen-bond acceptors (Lipinski definition) is 5. The zero-order valence-electron chi connectivity index (χ0n) is 15.7. The van der Waals surface area contributed by atoms with Crippen LogP contribution < -0.4 is 5.32 Å². The second-order valence-electron chi connectivity index (χ2n) is 7.19. The second kappa shape index (κ2) is 9.07. The molecule has 0 radical (unpaired) electrons. The first-order valence-corrected chi connectivity index (χ1v) is 11.1. The molecular formula is C19H24ClN3O4S. The normalized spacial score (nSPS) is 20.2. The van der Waals surface area contributed by atoms with Gasteiger partial charge in [-0.3, -0.25) is 4.79 Å². The van der Waals surface area contributed by atoms with Gasteiger partial charge in [-0.05, 0) is 55.9 Å². The van der Waals surface area contributed by atoms with Crippen molar-refractivity contribution in [2.45, 2.75) is 50.1 Å². The van der Waals surface area contributed by atoms with Crippen molar-refractivity contribution < 1.29 is 17.6 Å². The van der Waals surface area contributed by atoms with Crippen LogP contribution in [0.25, 0.3) is 0 Å². The molecule has 1 N–H and O–H groups in total. The van der Waals surface area contributed by atoms with E-state index in [4.69, 9.17) is 16.0 Å². The average Bonchev–Trinajstić information content (AvgIpc) is 3.17. The lowest BCUT2D eigenvalue weighted by Gasteiger charge is -2.28. The number of furan rings is 1. The van der Waals surface area contributed by atoms with Gasteiger partial charge in [0.15, 0.2) is 0 Å². The van der Waals surface area contributed by atoms with Crippen LogP contribution in [0, 0.1) is 5.92 Å². The molecule has 0 bridgehead atoms. The van der Waals surface area contributed by atoms with Gasteiger partial charge in [0.05, 0.1) is 19.4 Å². The number of sulfonamides is 1. The van der Waals surface area contributed by atoms with Crippen molar-refractivity contribution in [1.29, 1.82) is 0 Å². The summed E-state index contributed by atoms with van der Waals surface area (Å²) >= 11 is 5.76. The van der Waals surface area contributed by atoms with Crippen molar-refractivity contribution in [3.05, 3.63) is 47.6 Å². The third kappa shape index (κ3) is 5.33. The van der Waals surface area contributed by atoms with Crippen LogP contribution in [0.3, 0.4) is 0 Å². The van der Waals surface area contributed by atoms with Crippen molar-refractivity contribution >= 4 is 27.5 Å². The summed E-state index contributed by atoms with van der Waals surface area (Å²) in [7, 11) is -3.95. The van der Waals surface area contributed by atoms with E-state index in [1.165, 1.54) is 24.6 Å². The summed E-state index contributed by atoms with van der Waals surface area (Å²) in [6.45, 7) is 1.86. The Hall–Kier alpha value is -1.90. The molecule has 1 saturated carbocycles. The maximum atomic E-state index is 13.1. The lowest BCUT2D eigenvalue weighted by Crippen LogP contribution is -2.44. The molecule has 9 heteroatoms. The highest BCUT2D eigenvalue weighted by atomic mass is 35.5. The Morgan fingerprint density at radius 2 is 2.04 bits per heavy atom. The van der Waals surface area contributed by atoms with Crippen LogP contribution in [0.2, 0.25) is 5.15 Å². The van der Waals surface area contributed by atoms with Crippen molar-refractivity contribution in [3.63, 3.8) is 0 Å². The molecule has 2 heterocycles. The molecule has 1 aliphatic rings. The smallest absolute Gasteiger partial charge is 0.245 e. The molecule has 7 nitrogen and oxygen atoms in total. The maximum Gasteiger partial charge on any atom is 0.245 e. The third-order valence-corrected chi connectivity index (χ3v) is 6.95. The van der Waals surface area contributed by atoms with Crippen molar-refractivity contribution in [2.75, 3.05) is 6.54 Å². The molecule has 0 unspecified atom stereocenters. The topological polar surface area (TPSA) is 92.5 Å². The molecule has 0 aromatic carbocycles. The molecule has 3 rings (SSSR count). The predicted molar refractivity (Wildman–Crippen MR) is 105 cm³/mol. The summed E-state index contributed by atoms with van der Waals surface area (Å²) in [5.74, 6) is 0.794. The van der Waals surface area contributed by atoms with Gasteiger partial charge in [-0.15, -0.1) is 0 Å². The Kier molecular flexibility index (Phi) is 6.74. The van der Waals surface area contributed by atoms with E-state index in [1.807, 2.05) is 0 Å². The molecule has 0 saturated heterocycles. The first kappa shape index (κ1) is 20.8. The largest absolute Gasteiger partial charge is 0.468 e. The Morgan fingerprint density at radius 3 is 2.64 bits per heavy atom. The van der Waals surface area contributed by atoms with Gasteiger partial charge < -0.3 is 9.73 Å². The first-order chi connectivity index (χ1) is 13.3. The minimum Gasteiger partial charge on any atom is -0.468 e. The summed E-state index contributed by atoms with van der Waals surface area (Å²) in [4.78, 5) is 16.4. The highest BCUT2D eigenvalue weighted by Crippen LogP contribution is 2.24. The van der Waals surface area contributed by atoms with E-state index >= 15 is 0 Å². The number of amides is 1. The number of nitrogens with zero attached hydrogens (tertiary/aromatic N) is 2. The fourth-order valence-electron chi connectivity index (χ4n) is 3.30. The Morgan fingerprint density at radius 1 is 1.29 bits per heavy atom.